The molecule has 0 saturated carbocycles. The monoisotopic (exact) mass is 519 g/mol. The van der Waals surface area contributed by atoms with Gasteiger partial charge in [-0.1, -0.05) is 18.2 Å². The van der Waals surface area contributed by atoms with Gasteiger partial charge in [0.25, 0.3) is 0 Å². The van der Waals surface area contributed by atoms with Gasteiger partial charge in [0.05, 0.1) is 17.4 Å². The third-order valence-electron chi connectivity index (χ3n) is 7.20. The number of nitrogens with one attached hydrogen (secondary N) is 1. The van der Waals surface area contributed by atoms with E-state index < -0.39 is 15.9 Å². The Kier molecular flexibility index (Phi) is 6.96. The third-order valence-corrected chi connectivity index (χ3v) is 9.06. The lowest BCUT2D eigenvalue weighted by Gasteiger charge is -2.31. The Labute approximate surface area is 218 Å². The number of piperidine rings is 1. The number of aromatic nitrogens is 1. The molecule has 37 heavy (non-hydrogen) atoms. The zero-order valence-electron chi connectivity index (χ0n) is 21.5. The predicted octanol–water partition coefficient (Wildman–Crippen LogP) is 5.56. The summed E-state index contributed by atoms with van der Waals surface area (Å²) in [7, 11) is -3.71. The molecule has 0 unspecified atom stereocenters. The molecule has 0 radical (unpaired) electrons. The molecule has 4 aromatic rings. The molecule has 0 spiro atoms. The van der Waals surface area contributed by atoms with E-state index in [1.165, 1.54) is 9.82 Å². The van der Waals surface area contributed by atoms with Gasteiger partial charge in [0.1, 0.15) is 5.75 Å². The molecular formula is C29H33N3O4S. The van der Waals surface area contributed by atoms with E-state index in [-0.39, 0.29) is 17.3 Å². The minimum absolute atomic E-state index is 0.152. The highest BCUT2D eigenvalue weighted by Crippen LogP contribution is 2.32. The molecule has 1 amide bonds. The van der Waals surface area contributed by atoms with Crippen LogP contribution in [-0.4, -0.2) is 42.9 Å². The first-order valence-electron chi connectivity index (χ1n) is 12.9. The molecular weight excluding hydrogens is 486 g/mol. The molecule has 7 nitrogen and oxygen atoms in total. The standard InChI is InChI=1S/C29H33N3O4S/c1-4-32-26-11-7-6-10-24(26)25-18-22(12-14-27(25)32)30-29(33)21-9-8-16-31(19-21)37(34,35)23-13-15-28(36-5-2)20(3)17-23/h6-7,10-15,17-18,21H,4-5,8-9,16,19H2,1-3H3,(H,30,33)/t21-/m1/s1. The number of aryl methyl sites for hydroxylation is 2. The third kappa shape index (κ3) is 4.71. The van der Waals surface area contributed by atoms with E-state index in [9.17, 15) is 13.2 Å². The number of carbonyl (C=O) groups excluding carboxylic acids is 1. The number of anilines is 1. The van der Waals surface area contributed by atoms with Crippen LogP contribution in [-0.2, 0) is 21.4 Å². The zero-order chi connectivity index (χ0) is 26.2. The van der Waals surface area contributed by atoms with Crippen LogP contribution in [0.1, 0.15) is 32.3 Å². The van der Waals surface area contributed by atoms with Gasteiger partial charge < -0.3 is 14.6 Å². The molecule has 1 aromatic heterocycles. The van der Waals surface area contributed by atoms with Crippen LogP contribution < -0.4 is 10.1 Å². The van der Waals surface area contributed by atoms with Gasteiger partial charge in [0, 0.05) is 47.1 Å². The van der Waals surface area contributed by atoms with Crippen LogP contribution in [0.15, 0.2) is 65.6 Å². The number of para-hydroxylation sites is 1. The Morgan fingerprint density at radius 2 is 1.81 bits per heavy atom. The van der Waals surface area contributed by atoms with E-state index in [2.05, 4.69) is 28.9 Å². The quantitative estimate of drug-likeness (QED) is 0.347. The van der Waals surface area contributed by atoms with Crippen LogP contribution >= 0.6 is 0 Å². The van der Waals surface area contributed by atoms with Crippen molar-refractivity contribution >= 4 is 43.4 Å². The van der Waals surface area contributed by atoms with Crippen molar-refractivity contribution in [3.63, 3.8) is 0 Å². The topological polar surface area (TPSA) is 80.6 Å². The summed E-state index contributed by atoms with van der Waals surface area (Å²) in [5.41, 5.74) is 3.79. The average molecular weight is 520 g/mol. The van der Waals surface area contributed by atoms with E-state index >= 15 is 0 Å². The van der Waals surface area contributed by atoms with Gasteiger partial charge in [-0.25, -0.2) is 8.42 Å². The molecule has 0 bridgehead atoms. The summed E-state index contributed by atoms with van der Waals surface area (Å²) in [4.78, 5) is 13.5. The lowest BCUT2D eigenvalue weighted by atomic mass is 9.98. The van der Waals surface area contributed by atoms with Gasteiger partial charge in [-0.05, 0) is 81.6 Å². The maximum atomic E-state index is 13.4. The number of nitrogens with zero attached hydrogens (tertiary/aromatic N) is 2. The number of fused-ring (bicyclic) bond motifs is 3. The maximum absolute atomic E-state index is 13.4. The van der Waals surface area contributed by atoms with Gasteiger partial charge >= 0.3 is 0 Å². The molecule has 1 aliphatic heterocycles. The second-order valence-electron chi connectivity index (χ2n) is 9.55. The molecule has 0 aliphatic carbocycles. The number of rotatable bonds is 7. The maximum Gasteiger partial charge on any atom is 0.243 e. The summed E-state index contributed by atoms with van der Waals surface area (Å²) in [6, 6.07) is 19.2. The molecule has 3 aromatic carbocycles. The molecule has 1 atom stereocenters. The Hall–Kier alpha value is -3.36. The van der Waals surface area contributed by atoms with Gasteiger partial charge in [0.2, 0.25) is 15.9 Å². The molecule has 1 saturated heterocycles. The zero-order valence-corrected chi connectivity index (χ0v) is 22.3. The fourth-order valence-electron chi connectivity index (χ4n) is 5.34. The molecule has 1 aliphatic rings. The second-order valence-corrected chi connectivity index (χ2v) is 11.5. The fraction of sp³-hybridized carbons (Fsp3) is 0.345. The molecule has 1 N–H and O–H groups in total. The lowest BCUT2D eigenvalue weighted by Crippen LogP contribution is -2.43. The number of ether oxygens (including phenoxy) is 1. The first-order chi connectivity index (χ1) is 17.8. The van der Waals surface area contributed by atoms with Crippen molar-refractivity contribution in [2.24, 2.45) is 5.92 Å². The molecule has 8 heteroatoms. The van der Waals surface area contributed by atoms with E-state index in [4.69, 9.17) is 4.74 Å². The van der Waals surface area contributed by atoms with E-state index in [0.717, 1.165) is 34.1 Å². The number of hydrogen-bond acceptors (Lipinski definition) is 4. The van der Waals surface area contributed by atoms with Crippen LogP contribution in [0, 0.1) is 12.8 Å². The Morgan fingerprint density at radius 1 is 1.03 bits per heavy atom. The smallest absolute Gasteiger partial charge is 0.243 e. The number of benzene rings is 3. The molecule has 1 fully saturated rings. The van der Waals surface area contributed by atoms with Crippen LogP contribution in [0.3, 0.4) is 0 Å². The van der Waals surface area contributed by atoms with E-state index in [1.807, 2.05) is 44.2 Å². The summed E-state index contributed by atoms with van der Waals surface area (Å²) in [6.45, 7) is 7.80. The van der Waals surface area contributed by atoms with Crippen molar-refractivity contribution in [2.75, 3.05) is 25.0 Å². The lowest BCUT2D eigenvalue weighted by molar-refractivity contribution is -0.120. The van der Waals surface area contributed by atoms with E-state index in [1.54, 1.807) is 18.2 Å². The van der Waals surface area contributed by atoms with Crippen molar-refractivity contribution in [1.82, 2.24) is 8.87 Å². The molecule has 5 rings (SSSR count). The summed E-state index contributed by atoms with van der Waals surface area (Å²) in [6.07, 6.45) is 1.29. The van der Waals surface area contributed by atoms with Gasteiger partial charge in [-0.2, -0.15) is 4.31 Å². The minimum atomic E-state index is -3.71. The molecule has 2 heterocycles. The number of sulfonamides is 1. The van der Waals surface area contributed by atoms with Crippen molar-refractivity contribution < 1.29 is 17.9 Å². The second kappa shape index (κ2) is 10.2. The summed E-state index contributed by atoms with van der Waals surface area (Å²) < 4.78 is 36.0. The summed E-state index contributed by atoms with van der Waals surface area (Å²) >= 11 is 0. The Bertz CT molecular complexity index is 1580. The average Bonchev–Trinajstić information content (AvgIpc) is 3.23. The largest absolute Gasteiger partial charge is 0.494 e. The highest BCUT2D eigenvalue weighted by Gasteiger charge is 2.33. The Balaban J connectivity index is 1.35. The number of carbonyl (C=O) groups is 1. The number of hydrogen-bond donors (Lipinski definition) is 1. The molecule has 194 valence electrons. The van der Waals surface area contributed by atoms with Gasteiger partial charge in [0.15, 0.2) is 0 Å². The van der Waals surface area contributed by atoms with Gasteiger partial charge in [-0.15, -0.1) is 0 Å². The van der Waals surface area contributed by atoms with Crippen molar-refractivity contribution in [3.8, 4) is 5.75 Å². The predicted molar refractivity (Wildman–Crippen MR) is 148 cm³/mol. The van der Waals surface area contributed by atoms with Gasteiger partial charge in [-0.3, -0.25) is 4.79 Å². The summed E-state index contributed by atoms with van der Waals surface area (Å²) in [5, 5.41) is 5.29. The van der Waals surface area contributed by atoms with E-state index in [0.29, 0.717) is 31.7 Å². The first-order valence-corrected chi connectivity index (χ1v) is 14.3. The van der Waals surface area contributed by atoms with Crippen LogP contribution in [0.5, 0.6) is 5.75 Å². The normalized spacial score (nSPS) is 16.8. The fourth-order valence-corrected chi connectivity index (χ4v) is 6.95. The van der Waals surface area contributed by atoms with Crippen molar-refractivity contribution in [1.29, 1.82) is 0 Å². The highest BCUT2D eigenvalue weighted by molar-refractivity contribution is 7.89. The van der Waals surface area contributed by atoms with Crippen LogP contribution in [0.2, 0.25) is 0 Å². The summed E-state index contributed by atoms with van der Waals surface area (Å²) in [5.74, 6) is 0.109. The Morgan fingerprint density at radius 3 is 2.57 bits per heavy atom. The SMILES string of the molecule is CCOc1ccc(S(=O)(=O)N2CCC[C@@H](C(=O)Nc3ccc4c(c3)c3ccccc3n4CC)C2)cc1C. The van der Waals surface area contributed by atoms with Crippen LogP contribution in [0.25, 0.3) is 21.8 Å². The van der Waals surface area contributed by atoms with Crippen LogP contribution in [0.4, 0.5) is 5.69 Å². The minimum Gasteiger partial charge on any atom is -0.494 e. The van der Waals surface area contributed by atoms with Crippen molar-refractivity contribution in [2.45, 2.75) is 45.1 Å². The first kappa shape index (κ1) is 25.3. The number of amides is 1. The van der Waals surface area contributed by atoms with Crippen molar-refractivity contribution in [3.05, 3.63) is 66.2 Å². The highest BCUT2D eigenvalue weighted by atomic mass is 32.2.